The van der Waals surface area contributed by atoms with Crippen LogP contribution in [0.15, 0.2) is 42.1 Å². The molecule has 0 spiro atoms. The molecule has 1 rings (SSSR count). The zero-order chi connectivity index (χ0) is 15.8. The fraction of sp³-hybridized carbons (Fsp3) is 0.588. The van der Waals surface area contributed by atoms with E-state index in [1.165, 1.54) is 6.20 Å². The highest BCUT2D eigenvalue weighted by Crippen LogP contribution is 2.12. The molecule has 20 heavy (non-hydrogen) atoms. The fourth-order valence-electron chi connectivity index (χ4n) is 1.29. The van der Waals surface area contributed by atoms with E-state index >= 15 is 0 Å². The van der Waals surface area contributed by atoms with Gasteiger partial charge in [-0.2, -0.15) is 0 Å². The van der Waals surface area contributed by atoms with Crippen molar-refractivity contribution in [3.05, 3.63) is 37.1 Å². The van der Waals surface area contributed by atoms with Gasteiger partial charge in [-0.3, -0.25) is 4.99 Å². The van der Waals surface area contributed by atoms with Crippen molar-refractivity contribution in [2.75, 3.05) is 13.2 Å². The molecule has 3 heteroatoms. The van der Waals surface area contributed by atoms with Gasteiger partial charge in [0.05, 0.1) is 6.04 Å². The second-order valence-corrected chi connectivity index (χ2v) is 4.64. The van der Waals surface area contributed by atoms with Crippen LogP contribution in [0, 0.1) is 5.92 Å². The maximum absolute atomic E-state index is 5.13. The van der Waals surface area contributed by atoms with Gasteiger partial charge in [-0.1, -0.05) is 44.7 Å². The Morgan fingerprint density at radius 1 is 1.30 bits per heavy atom. The number of hydrogen-bond donors (Lipinski definition) is 1. The van der Waals surface area contributed by atoms with Crippen LogP contribution in [0.5, 0.6) is 0 Å². The van der Waals surface area contributed by atoms with Crippen molar-refractivity contribution in [2.45, 2.75) is 46.6 Å². The first-order chi connectivity index (χ1) is 9.53. The van der Waals surface area contributed by atoms with Crippen molar-refractivity contribution < 1.29 is 4.74 Å². The molecule has 2 atom stereocenters. The molecule has 0 aromatic carbocycles. The van der Waals surface area contributed by atoms with Crippen LogP contribution in [0.4, 0.5) is 0 Å². The van der Waals surface area contributed by atoms with E-state index in [9.17, 15) is 0 Å². The number of nitrogens with zero attached hydrogens (tertiary/aromatic N) is 1. The molecule has 0 radical (unpaired) electrons. The number of allylic oxidation sites excluding steroid dienone is 2. The van der Waals surface area contributed by atoms with E-state index in [-0.39, 0.29) is 0 Å². The van der Waals surface area contributed by atoms with Crippen molar-refractivity contribution in [1.29, 1.82) is 0 Å². The van der Waals surface area contributed by atoms with Crippen molar-refractivity contribution in [3.63, 3.8) is 0 Å². The van der Waals surface area contributed by atoms with Crippen LogP contribution in [0.1, 0.15) is 40.5 Å². The molecule has 0 aliphatic carbocycles. The Balaban J connectivity index is 0. The van der Waals surface area contributed by atoms with Gasteiger partial charge in [0.2, 0.25) is 0 Å². The second kappa shape index (κ2) is 15.7. The van der Waals surface area contributed by atoms with E-state index in [4.69, 9.17) is 4.74 Å². The van der Waals surface area contributed by atoms with Crippen LogP contribution < -0.4 is 5.73 Å². The Hall–Kier alpha value is -1.35. The molecular weight excluding hydrogens is 248 g/mol. The summed E-state index contributed by atoms with van der Waals surface area (Å²) in [5.74, 6) is 0.371. The highest BCUT2D eigenvalue weighted by Gasteiger charge is 2.06. The molecule has 2 unspecified atom stereocenters. The smallest absolute Gasteiger partial charge is 0.0648 e. The topological polar surface area (TPSA) is 47.6 Å². The standard InChI is InChI=1S/C9H13N.C6H14O.C2H5N/c1-7(2)9-5-4-8(3)10-6-9;1-3-5-7-6-4-2;1-2-3/h4-6,8-9H,1H2,2-3H3;3-6H2,1-2H3;2H,1,3H2. The molecule has 116 valence electrons. The molecule has 2 N–H and O–H groups in total. The van der Waals surface area contributed by atoms with Crippen LogP contribution >= 0.6 is 0 Å². The van der Waals surface area contributed by atoms with Crippen molar-refractivity contribution in [1.82, 2.24) is 0 Å². The SMILES string of the molecule is C=C(C)C1C=CC(C)N=C1.C=CN.CCCOCCC. The molecule has 0 saturated carbocycles. The predicted molar refractivity (Wildman–Crippen MR) is 91.2 cm³/mol. The summed E-state index contributed by atoms with van der Waals surface area (Å²) >= 11 is 0. The summed E-state index contributed by atoms with van der Waals surface area (Å²) in [4.78, 5) is 4.26. The summed E-state index contributed by atoms with van der Waals surface area (Å²) in [6.45, 7) is 17.2. The number of ether oxygens (including phenoxy) is 1. The summed E-state index contributed by atoms with van der Waals surface area (Å²) in [6, 6.07) is 0.357. The lowest BCUT2D eigenvalue weighted by molar-refractivity contribution is 0.135. The van der Waals surface area contributed by atoms with Gasteiger partial charge in [0, 0.05) is 25.3 Å². The minimum Gasteiger partial charge on any atom is -0.405 e. The molecule has 1 aliphatic heterocycles. The lowest BCUT2D eigenvalue weighted by Gasteiger charge is -2.12. The predicted octanol–water partition coefficient (Wildman–Crippen LogP) is 4.12. The molecule has 0 bridgehead atoms. The van der Waals surface area contributed by atoms with Crippen molar-refractivity contribution >= 4 is 6.21 Å². The monoisotopic (exact) mass is 280 g/mol. The normalized spacial score (nSPS) is 19.2. The number of hydrogen-bond acceptors (Lipinski definition) is 3. The van der Waals surface area contributed by atoms with Gasteiger partial charge in [0.15, 0.2) is 0 Å². The first kappa shape index (κ1) is 21.0. The highest BCUT2D eigenvalue weighted by molar-refractivity contribution is 5.68. The lowest BCUT2D eigenvalue weighted by atomic mass is 10.0. The van der Waals surface area contributed by atoms with E-state index in [2.05, 4.69) is 56.8 Å². The summed E-state index contributed by atoms with van der Waals surface area (Å²) in [5.41, 5.74) is 5.77. The Kier molecular flexibility index (Phi) is 16.5. The van der Waals surface area contributed by atoms with E-state index < -0.39 is 0 Å². The van der Waals surface area contributed by atoms with Gasteiger partial charge in [-0.15, -0.1) is 0 Å². The molecule has 1 aliphatic rings. The van der Waals surface area contributed by atoms with Gasteiger partial charge in [-0.05, 0) is 32.9 Å². The van der Waals surface area contributed by atoms with Crippen LogP contribution in [0.25, 0.3) is 0 Å². The average Bonchev–Trinajstić information content (AvgIpc) is 2.41. The third-order valence-corrected chi connectivity index (χ3v) is 2.34. The van der Waals surface area contributed by atoms with Gasteiger partial charge < -0.3 is 10.5 Å². The van der Waals surface area contributed by atoms with E-state index in [0.717, 1.165) is 31.6 Å². The van der Waals surface area contributed by atoms with Gasteiger partial charge in [0.25, 0.3) is 0 Å². The first-order valence-electron chi connectivity index (χ1n) is 7.30. The van der Waals surface area contributed by atoms with E-state index in [1.807, 2.05) is 13.1 Å². The van der Waals surface area contributed by atoms with Crippen LogP contribution in [-0.4, -0.2) is 25.5 Å². The Morgan fingerprint density at radius 3 is 2.10 bits per heavy atom. The molecule has 0 saturated heterocycles. The first-order valence-corrected chi connectivity index (χ1v) is 7.30. The van der Waals surface area contributed by atoms with E-state index in [0.29, 0.717) is 12.0 Å². The molecule has 0 amide bonds. The Bertz CT molecular complexity index is 277. The third kappa shape index (κ3) is 14.7. The van der Waals surface area contributed by atoms with Gasteiger partial charge in [0.1, 0.15) is 0 Å². The summed E-state index contributed by atoms with van der Waals surface area (Å²) in [6.07, 6.45) is 9.76. The number of dihydropyridines is 1. The maximum atomic E-state index is 5.13. The molecule has 0 fully saturated rings. The Labute approximate surface area is 125 Å². The highest BCUT2D eigenvalue weighted by atomic mass is 16.5. The maximum Gasteiger partial charge on any atom is 0.0648 e. The minimum atomic E-state index is 0.357. The van der Waals surface area contributed by atoms with E-state index in [1.54, 1.807) is 0 Å². The van der Waals surface area contributed by atoms with Crippen LogP contribution in [-0.2, 0) is 4.74 Å². The number of aliphatic imine (C=N–C) groups is 1. The van der Waals surface area contributed by atoms with Crippen molar-refractivity contribution in [3.8, 4) is 0 Å². The summed E-state index contributed by atoms with van der Waals surface area (Å²) in [7, 11) is 0. The van der Waals surface area contributed by atoms with Crippen molar-refractivity contribution in [2.24, 2.45) is 16.6 Å². The largest absolute Gasteiger partial charge is 0.405 e. The van der Waals surface area contributed by atoms with Crippen LogP contribution in [0.3, 0.4) is 0 Å². The molecule has 0 aromatic heterocycles. The quantitative estimate of drug-likeness (QED) is 0.608. The average molecular weight is 280 g/mol. The molecule has 3 nitrogen and oxygen atoms in total. The zero-order valence-electron chi connectivity index (χ0n) is 13.6. The summed E-state index contributed by atoms with van der Waals surface area (Å²) in [5, 5.41) is 0. The third-order valence-electron chi connectivity index (χ3n) is 2.34. The van der Waals surface area contributed by atoms with Gasteiger partial charge in [-0.25, -0.2) is 0 Å². The fourth-order valence-corrected chi connectivity index (χ4v) is 1.29. The Morgan fingerprint density at radius 2 is 1.80 bits per heavy atom. The van der Waals surface area contributed by atoms with Crippen LogP contribution in [0.2, 0.25) is 0 Å². The zero-order valence-corrected chi connectivity index (χ0v) is 13.6. The second-order valence-electron chi connectivity index (χ2n) is 4.64. The summed E-state index contributed by atoms with van der Waals surface area (Å²) < 4.78 is 5.13. The molecular formula is C17H32N2O. The molecule has 1 heterocycles. The van der Waals surface area contributed by atoms with Gasteiger partial charge >= 0.3 is 0 Å². The minimum absolute atomic E-state index is 0.357. The number of nitrogens with two attached hydrogens (primary N) is 1. The lowest BCUT2D eigenvalue weighted by Crippen LogP contribution is -2.08. The molecule has 0 aromatic rings. The number of rotatable bonds is 5.